The molecule has 0 rings (SSSR count). The summed E-state index contributed by atoms with van der Waals surface area (Å²) in [5.74, 6) is -1.51. The van der Waals surface area contributed by atoms with Gasteiger partial charge in [0.2, 0.25) is 5.79 Å². The quantitative estimate of drug-likeness (QED) is 0.469. The standard InChI is InChI=1S/C10H21O6P/c1-7(2)14-9(11)15-10(5,6)16-17(12,13)8(3)4/h7-8H,1-6H3,(H,12,13). The van der Waals surface area contributed by atoms with Gasteiger partial charge in [-0.25, -0.2) is 4.79 Å². The van der Waals surface area contributed by atoms with Crippen molar-refractivity contribution in [3.63, 3.8) is 0 Å². The van der Waals surface area contributed by atoms with E-state index in [2.05, 4.69) is 0 Å². The van der Waals surface area contributed by atoms with Crippen LogP contribution in [0.5, 0.6) is 0 Å². The fourth-order valence-corrected chi connectivity index (χ4v) is 1.73. The second kappa shape index (κ2) is 5.85. The van der Waals surface area contributed by atoms with E-state index in [9.17, 15) is 14.3 Å². The normalized spacial score (nSPS) is 15.8. The van der Waals surface area contributed by atoms with Crippen LogP contribution in [0, 0.1) is 0 Å². The van der Waals surface area contributed by atoms with Crippen LogP contribution in [0.3, 0.4) is 0 Å². The third-order valence-electron chi connectivity index (χ3n) is 1.66. The largest absolute Gasteiger partial charge is 0.511 e. The van der Waals surface area contributed by atoms with Crippen LogP contribution in [0.4, 0.5) is 4.79 Å². The van der Waals surface area contributed by atoms with E-state index in [1.165, 1.54) is 13.8 Å². The maximum Gasteiger partial charge on any atom is 0.511 e. The molecule has 1 N–H and O–H groups in total. The topological polar surface area (TPSA) is 82.1 Å². The van der Waals surface area contributed by atoms with Crippen molar-refractivity contribution in [2.45, 2.75) is 59.1 Å². The summed E-state index contributed by atoms with van der Waals surface area (Å²) in [6.45, 7) is 9.17. The molecule has 0 aliphatic heterocycles. The van der Waals surface area contributed by atoms with E-state index >= 15 is 0 Å². The Kier molecular flexibility index (Phi) is 5.65. The predicted molar refractivity (Wildman–Crippen MR) is 62.8 cm³/mol. The predicted octanol–water partition coefficient (Wildman–Crippen LogP) is 2.89. The van der Waals surface area contributed by atoms with Gasteiger partial charge in [-0.15, -0.1) is 0 Å². The van der Waals surface area contributed by atoms with Crippen LogP contribution in [0.15, 0.2) is 0 Å². The van der Waals surface area contributed by atoms with E-state index < -0.39 is 25.2 Å². The fourth-order valence-electron chi connectivity index (χ4n) is 0.856. The molecular formula is C10H21O6P. The minimum atomic E-state index is -3.81. The molecule has 0 saturated heterocycles. The zero-order chi connectivity index (χ0) is 13.9. The average molecular weight is 268 g/mol. The number of carbonyl (C=O) groups is 1. The van der Waals surface area contributed by atoms with Gasteiger partial charge in [-0.2, -0.15) is 0 Å². The highest BCUT2D eigenvalue weighted by Crippen LogP contribution is 2.50. The molecule has 0 aromatic rings. The van der Waals surface area contributed by atoms with E-state index in [0.717, 1.165) is 0 Å². The molecule has 17 heavy (non-hydrogen) atoms. The van der Waals surface area contributed by atoms with Crippen LogP contribution in [0.2, 0.25) is 0 Å². The molecule has 1 atom stereocenters. The lowest BCUT2D eigenvalue weighted by Crippen LogP contribution is -2.32. The van der Waals surface area contributed by atoms with Gasteiger partial charge >= 0.3 is 13.8 Å². The maximum atomic E-state index is 11.6. The number of hydrogen-bond donors (Lipinski definition) is 1. The molecule has 0 spiro atoms. The molecule has 1 unspecified atom stereocenters. The van der Waals surface area contributed by atoms with Crippen molar-refractivity contribution in [3.8, 4) is 0 Å². The highest BCUT2D eigenvalue weighted by molar-refractivity contribution is 7.53. The summed E-state index contributed by atoms with van der Waals surface area (Å²) < 4.78 is 26.1. The molecule has 0 fully saturated rings. The van der Waals surface area contributed by atoms with E-state index in [-0.39, 0.29) is 6.10 Å². The van der Waals surface area contributed by atoms with Crippen molar-refractivity contribution in [2.24, 2.45) is 0 Å². The number of ether oxygens (including phenoxy) is 2. The van der Waals surface area contributed by atoms with E-state index in [1.807, 2.05) is 0 Å². The molecule has 0 heterocycles. The molecule has 0 amide bonds. The molecule has 0 aromatic heterocycles. The average Bonchev–Trinajstić information content (AvgIpc) is 1.96. The van der Waals surface area contributed by atoms with Crippen LogP contribution in [-0.4, -0.2) is 28.6 Å². The van der Waals surface area contributed by atoms with Gasteiger partial charge in [0, 0.05) is 13.8 Å². The SMILES string of the molecule is CC(C)OC(=O)OC(C)(C)OP(=O)(O)C(C)C. The fraction of sp³-hybridized carbons (Fsp3) is 0.900. The number of rotatable bonds is 5. The summed E-state index contributed by atoms with van der Waals surface area (Å²) in [4.78, 5) is 20.8. The Morgan fingerprint density at radius 1 is 1.24 bits per heavy atom. The van der Waals surface area contributed by atoms with Crippen LogP contribution in [0.1, 0.15) is 41.5 Å². The molecule has 7 heteroatoms. The summed E-state index contributed by atoms with van der Waals surface area (Å²) in [6.07, 6.45) is -1.27. The van der Waals surface area contributed by atoms with Gasteiger partial charge < -0.3 is 14.4 Å². The zero-order valence-corrected chi connectivity index (χ0v) is 12.0. The Bertz CT molecular complexity index is 310. The first-order valence-electron chi connectivity index (χ1n) is 5.39. The van der Waals surface area contributed by atoms with Gasteiger partial charge in [0.15, 0.2) is 0 Å². The van der Waals surface area contributed by atoms with Crippen molar-refractivity contribution in [2.75, 3.05) is 0 Å². The lowest BCUT2D eigenvalue weighted by molar-refractivity contribution is -0.138. The monoisotopic (exact) mass is 268 g/mol. The first-order valence-corrected chi connectivity index (χ1v) is 7.04. The van der Waals surface area contributed by atoms with E-state index in [4.69, 9.17) is 14.0 Å². The Hall–Kier alpha value is -0.580. The maximum absolute atomic E-state index is 11.6. The Morgan fingerprint density at radius 2 is 1.71 bits per heavy atom. The second-order valence-electron chi connectivity index (χ2n) is 4.67. The molecular weight excluding hydrogens is 247 g/mol. The summed E-state index contributed by atoms with van der Waals surface area (Å²) in [5, 5.41) is 0. The van der Waals surface area contributed by atoms with Crippen LogP contribution in [0.25, 0.3) is 0 Å². The van der Waals surface area contributed by atoms with Gasteiger partial charge in [0.25, 0.3) is 0 Å². The van der Waals surface area contributed by atoms with Gasteiger partial charge in [-0.3, -0.25) is 9.09 Å². The third kappa shape index (κ3) is 6.66. The van der Waals surface area contributed by atoms with Crippen LogP contribution in [-0.2, 0) is 18.6 Å². The summed E-state index contributed by atoms with van der Waals surface area (Å²) in [6, 6.07) is 0. The van der Waals surface area contributed by atoms with Crippen LogP contribution >= 0.6 is 7.60 Å². The molecule has 0 radical (unpaired) electrons. The first kappa shape index (κ1) is 16.4. The van der Waals surface area contributed by atoms with Crippen LogP contribution < -0.4 is 0 Å². The minimum absolute atomic E-state index is 0.329. The number of carbonyl (C=O) groups excluding carboxylic acids is 1. The molecule has 0 aromatic carbocycles. The minimum Gasteiger partial charge on any atom is -0.432 e. The first-order chi connectivity index (χ1) is 7.46. The van der Waals surface area contributed by atoms with Gasteiger partial charge in [-0.05, 0) is 13.8 Å². The molecule has 6 nitrogen and oxygen atoms in total. The molecule has 0 saturated carbocycles. The summed E-state index contributed by atoms with van der Waals surface area (Å²) in [7, 11) is -3.81. The Morgan fingerprint density at radius 3 is 2.06 bits per heavy atom. The molecule has 0 aliphatic rings. The molecule has 102 valence electrons. The van der Waals surface area contributed by atoms with Crippen molar-refractivity contribution in [1.29, 1.82) is 0 Å². The van der Waals surface area contributed by atoms with Gasteiger partial charge in [-0.1, -0.05) is 13.8 Å². The van der Waals surface area contributed by atoms with Crippen molar-refractivity contribution < 1.29 is 28.3 Å². The second-order valence-corrected chi connectivity index (χ2v) is 7.01. The smallest absolute Gasteiger partial charge is 0.432 e. The van der Waals surface area contributed by atoms with E-state index in [0.29, 0.717) is 0 Å². The third-order valence-corrected chi connectivity index (χ3v) is 3.67. The van der Waals surface area contributed by atoms with Gasteiger partial charge in [0.05, 0.1) is 11.8 Å². The van der Waals surface area contributed by atoms with Crippen molar-refractivity contribution >= 4 is 13.8 Å². The van der Waals surface area contributed by atoms with E-state index in [1.54, 1.807) is 27.7 Å². The summed E-state index contributed by atoms with van der Waals surface area (Å²) in [5.41, 5.74) is -0.577. The Balaban J connectivity index is 4.49. The molecule has 0 aliphatic carbocycles. The lowest BCUT2D eigenvalue weighted by atomic mass is 10.4. The lowest BCUT2D eigenvalue weighted by Gasteiger charge is -2.28. The molecule has 0 bridgehead atoms. The highest BCUT2D eigenvalue weighted by Gasteiger charge is 2.36. The zero-order valence-electron chi connectivity index (χ0n) is 11.1. The van der Waals surface area contributed by atoms with Crippen molar-refractivity contribution in [1.82, 2.24) is 0 Å². The van der Waals surface area contributed by atoms with Crippen molar-refractivity contribution in [3.05, 3.63) is 0 Å². The summed E-state index contributed by atoms with van der Waals surface area (Å²) >= 11 is 0. The Labute approximate surface area is 102 Å². The number of hydrogen-bond acceptors (Lipinski definition) is 5. The highest BCUT2D eigenvalue weighted by atomic mass is 31.2. The van der Waals surface area contributed by atoms with Gasteiger partial charge in [0.1, 0.15) is 0 Å².